The number of aryl methyl sites for hydroxylation is 1. The molecule has 6 fully saturated rings. The van der Waals surface area contributed by atoms with Crippen molar-refractivity contribution in [2.75, 3.05) is 49.5 Å². The van der Waals surface area contributed by atoms with E-state index in [1.165, 1.54) is 10.7 Å². The summed E-state index contributed by atoms with van der Waals surface area (Å²) in [5.74, 6) is 0.142. The lowest BCUT2D eigenvalue weighted by Crippen LogP contribution is -2.63. The number of hydrogen-bond acceptors (Lipinski definition) is 11. The molecular weight excluding hydrogens is 837 g/mol. The highest BCUT2D eigenvalue weighted by molar-refractivity contribution is 6.08. The number of nitrogens with zero attached hydrogens (tertiary/aromatic N) is 11. The number of amides is 3. The van der Waals surface area contributed by atoms with E-state index >= 15 is 0 Å². The molecule has 3 amide bonds. The van der Waals surface area contributed by atoms with E-state index in [1.54, 1.807) is 21.8 Å². The van der Waals surface area contributed by atoms with Crippen LogP contribution in [0.15, 0.2) is 55.2 Å². The minimum absolute atomic E-state index is 0.00833. The van der Waals surface area contributed by atoms with E-state index in [0.717, 1.165) is 111 Å². The maximum absolute atomic E-state index is 14.4. The summed E-state index contributed by atoms with van der Waals surface area (Å²) in [6.07, 6.45) is 14.5. The largest absolute Gasteiger partial charge is 0.371 e. The van der Waals surface area contributed by atoms with Crippen molar-refractivity contribution in [2.45, 2.75) is 101 Å². The first-order chi connectivity index (χ1) is 31.5. The number of piperidine rings is 1. The summed E-state index contributed by atoms with van der Waals surface area (Å²) in [4.78, 5) is 47.6. The number of benzene rings is 1. The van der Waals surface area contributed by atoms with E-state index in [9.17, 15) is 23.2 Å². The van der Waals surface area contributed by atoms with Crippen LogP contribution < -0.4 is 15.5 Å². The monoisotopic (exact) mass is 887 g/mol. The average molecular weight is 888 g/mol. The van der Waals surface area contributed by atoms with Gasteiger partial charge >= 0.3 is 0 Å². The Kier molecular flexibility index (Phi) is 9.49. The molecule has 19 heteroatoms. The van der Waals surface area contributed by atoms with Crippen molar-refractivity contribution in [3.8, 4) is 11.1 Å². The predicted octanol–water partition coefficient (Wildman–Crippen LogP) is 6.05. The molecule has 0 bridgehead atoms. The van der Waals surface area contributed by atoms with Crippen molar-refractivity contribution >= 4 is 45.8 Å². The number of imide groups is 1. The minimum atomic E-state index is -2.85. The van der Waals surface area contributed by atoms with Gasteiger partial charge < -0.3 is 19.9 Å². The Balaban J connectivity index is 0.638. The molecule has 8 heterocycles. The number of ether oxygens (including phenoxy) is 1. The molecule has 3 saturated heterocycles. The van der Waals surface area contributed by atoms with Crippen molar-refractivity contribution in [3.05, 3.63) is 72.2 Å². The van der Waals surface area contributed by atoms with E-state index in [2.05, 4.69) is 47.6 Å². The number of alkyl halides is 2. The summed E-state index contributed by atoms with van der Waals surface area (Å²) >= 11 is 0. The minimum Gasteiger partial charge on any atom is -0.371 e. The first kappa shape index (κ1) is 40.4. The highest BCUT2D eigenvalue weighted by Gasteiger charge is 2.53. The number of fused-ring (bicyclic) bond motifs is 2. The summed E-state index contributed by atoms with van der Waals surface area (Å²) in [6.45, 7) is 7.20. The normalized spacial score (nSPS) is 24.2. The van der Waals surface area contributed by atoms with Crippen LogP contribution in [0.5, 0.6) is 0 Å². The van der Waals surface area contributed by atoms with E-state index in [-0.39, 0.29) is 34.7 Å². The molecule has 1 unspecified atom stereocenters. The number of carbonyl (C=O) groups is 3. The van der Waals surface area contributed by atoms with E-state index in [0.29, 0.717) is 49.0 Å². The van der Waals surface area contributed by atoms with Gasteiger partial charge in [0.15, 0.2) is 11.3 Å². The summed E-state index contributed by atoms with van der Waals surface area (Å²) < 4.78 is 41.7. The number of morpholine rings is 1. The van der Waals surface area contributed by atoms with Gasteiger partial charge in [0.1, 0.15) is 17.4 Å². The van der Waals surface area contributed by atoms with Crippen LogP contribution in [0.2, 0.25) is 0 Å². The number of aromatic nitrogens is 9. The molecular formula is C46H51F2N13O4. The van der Waals surface area contributed by atoms with Gasteiger partial charge in [-0.3, -0.25) is 33.7 Å². The summed E-state index contributed by atoms with van der Waals surface area (Å²) in [7, 11) is 0. The van der Waals surface area contributed by atoms with Gasteiger partial charge in [-0.05, 0) is 93.7 Å². The van der Waals surface area contributed by atoms with E-state index in [4.69, 9.17) is 19.9 Å². The maximum atomic E-state index is 14.4. The lowest BCUT2D eigenvalue weighted by Gasteiger charge is -2.59. The molecule has 5 aromatic heterocycles. The van der Waals surface area contributed by atoms with Crippen LogP contribution in [0.1, 0.15) is 111 Å². The van der Waals surface area contributed by atoms with Gasteiger partial charge in [0, 0.05) is 68.7 Å². The number of hydrogen-bond donors (Lipinski definition) is 2. The van der Waals surface area contributed by atoms with E-state index < -0.39 is 24.1 Å². The van der Waals surface area contributed by atoms with Crippen molar-refractivity contribution in [1.29, 1.82) is 0 Å². The molecule has 3 saturated carbocycles. The quantitative estimate of drug-likeness (QED) is 0.153. The lowest BCUT2D eigenvalue weighted by atomic mass is 9.60. The lowest BCUT2D eigenvalue weighted by molar-refractivity contribution is -0.135. The molecule has 6 aliphatic rings. The van der Waals surface area contributed by atoms with Crippen LogP contribution in [-0.2, 0) is 14.3 Å². The van der Waals surface area contributed by atoms with Crippen LogP contribution in [0.25, 0.3) is 27.7 Å². The third-order valence-corrected chi connectivity index (χ3v) is 15.1. The number of anilines is 2. The Bertz CT molecular complexity index is 2860. The highest BCUT2D eigenvalue weighted by atomic mass is 19.3. The first-order valence-electron chi connectivity index (χ1n) is 23.0. The molecule has 0 radical (unpaired) electrons. The van der Waals surface area contributed by atoms with Crippen LogP contribution in [0, 0.1) is 18.3 Å². The molecule has 3 aliphatic carbocycles. The zero-order chi connectivity index (χ0) is 44.2. The third kappa shape index (κ3) is 7.17. The molecule has 17 nitrogen and oxygen atoms in total. The Morgan fingerprint density at radius 2 is 1.80 bits per heavy atom. The molecule has 1 atom stereocenters. The summed E-state index contributed by atoms with van der Waals surface area (Å²) in [5, 5.41) is 24.4. The van der Waals surface area contributed by atoms with Gasteiger partial charge in [0.05, 0.1) is 53.6 Å². The highest BCUT2D eigenvalue weighted by Crippen LogP contribution is 2.54. The Labute approximate surface area is 372 Å². The molecule has 6 aromatic rings. The number of likely N-dealkylation sites (tertiary alicyclic amines) is 1. The van der Waals surface area contributed by atoms with Gasteiger partial charge in [-0.1, -0.05) is 12.1 Å². The molecule has 65 heavy (non-hydrogen) atoms. The maximum Gasteiger partial charge on any atom is 0.284 e. The van der Waals surface area contributed by atoms with Crippen molar-refractivity contribution in [3.63, 3.8) is 0 Å². The fraction of sp³-hybridized carbons (Fsp3) is 0.522. The fourth-order valence-corrected chi connectivity index (χ4v) is 11.5. The zero-order valence-corrected chi connectivity index (χ0v) is 36.2. The smallest absolute Gasteiger partial charge is 0.284 e. The van der Waals surface area contributed by atoms with Gasteiger partial charge in [0.2, 0.25) is 5.91 Å². The van der Waals surface area contributed by atoms with Crippen molar-refractivity contribution in [2.24, 2.45) is 11.3 Å². The zero-order valence-electron chi connectivity index (χ0n) is 36.2. The van der Waals surface area contributed by atoms with Gasteiger partial charge in [-0.15, -0.1) is 0 Å². The molecule has 2 N–H and O–H groups in total. The Morgan fingerprint density at radius 3 is 2.58 bits per heavy atom. The van der Waals surface area contributed by atoms with Crippen LogP contribution in [0.3, 0.4) is 0 Å². The summed E-state index contributed by atoms with van der Waals surface area (Å²) in [6, 6.07) is 7.71. The summed E-state index contributed by atoms with van der Waals surface area (Å²) in [5.41, 5.74) is 4.11. The molecule has 338 valence electrons. The molecule has 3 aliphatic heterocycles. The average Bonchev–Trinajstić information content (AvgIpc) is 3.73. The molecule has 2 spiro atoms. The number of halogens is 2. The number of carbonyl (C=O) groups excluding carboxylic acids is 3. The second-order valence-corrected chi connectivity index (χ2v) is 19.5. The second-order valence-electron chi connectivity index (χ2n) is 19.5. The predicted molar refractivity (Wildman–Crippen MR) is 234 cm³/mol. The van der Waals surface area contributed by atoms with Crippen LogP contribution in [-0.4, -0.2) is 111 Å². The van der Waals surface area contributed by atoms with Crippen molar-refractivity contribution in [1.82, 2.24) is 54.2 Å². The SMILES string of the molecule is Cc1nn(C2CCC(=O)NC2=O)c2cccc(-c3cnn(C4CC5(C4)CN(CC4CCC(n6cc(NC(=O)c7cnn8ccc(N9CCOC%10(CC%10)C9)nc78)c(C(F)F)n6)CC4)C5)c3)c12. The van der Waals surface area contributed by atoms with Gasteiger partial charge in [0.25, 0.3) is 18.2 Å². The Morgan fingerprint density at radius 1 is 0.969 bits per heavy atom. The fourth-order valence-electron chi connectivity index (χ4n) is 11.5. The number of nitrogens with one attached hydrogen (secondary N) is 2. The van der Waals surface area contributed by atoms with Gasteiger partial charge in [-0.25, -0.2) is 18.3 Å². The van der Waals surface area contributed by atoms with Crippen LogP contribution in [0.4, 0.5) is 20.3 Å². The third-order valence-electron chi connectivity index (χ3n) is 15.1. The standard InChI is InChI=1S/C46H51F2N13O4/c1-27-39-32(3-2-4-35(39)61(54-27)36-9-10-38(62)53-44(36)64)29-19-49-59(22-29)31-17-45(18-31)24-56(25-45)21-28-5-7-30(8-6-28)60-23-34(40(55-60)41(47)48)51-43(63)33-20-50-58-14-11-37(52-42(33)58)57-15-16-65-46(26-57)12-13-46/h2-4,11,14,19-20,22-23,28,30-31,36,41H,5-10,12-13,15-18,21,24-26H2,1H3,(H,51,63)(H,53,62,64). The van der Waals surface area contributed by atoms with Crippen LogP contribution >= 0.6 is 0 Å². The first-order valence-corrected chi connectivity index (χ1v) is 23.0. The topological polar surface area (TPSA) is 175 Å². The van der Waals surface area contributed by atoms with Gasteiger partial charge in [-0.2, -0.15) is 20.4 Å². The number of rotatable bonds is 10. The second kappa shape index (κ2) is 15.3. The molecule has 1 aromatic carbocycles. The van der Waals surface area contributed by atoms with Crippen molar-refractivity contribution < 1.29 is 27.9 Å². The van der Waals surface area contributed by atoms with E-state index in [1.807, 2.05) is 31.3 Å². The molecule has 12 rings (SSSR count). The Hall–Kier alpha value is -6.08.